The summed E-state index contributed by atoms with van der Waals surface area (Å²) < 4.78 is 28.3. The van der Waals surface area contributed by atoms with E-state index in [-0.39, 0.29) is 11.4 Å². The summed E-state index contributed by atoms with van der Waals surface area (Å²) in [6, 6.07) is 24.1. The SMILES string of the molecule is Cc1ccc(S(=O)(=O)N(Cc2c[nH]c3ccccc23)c2ccccc2)cc1. The number of nitrogens with zero attached hydrogens (tertiary/aromatic N) is 1. The Kier molecular flexibility index (Phi) is 4.46. The highest BCUT2D eigenvalue weighted by Gasteiger charge is 2.25. The van der Waals surface area contributed by atoms with Crippen LogP contribution in [0.2, 0.25) is 0 Å². The second kappa shape index (κ2) is 6.93. The van der Waals surface area contributed by atoms with Gasteiger partial charge in [0.05, 0.1) is 17.1 Å². The number of aromatic amines is 1. The van der Waals surface area contributed by atoms with Crippen LogP contribution in [0.15, 0.2) is 90.0 Å². The van der Waals surface area contributed by atoms with Crippen molar-refractivity contribution in [3.8, 4) is 0 Å². The number of hydrogen-bond donors (Lipinski definition) is 1. The lowest BCUT2D eigenvalue weighted by atomic mass is 10.2. The predicted molar refractivity (Wildman–Crippen MR) is 109 cm³/mol. The zero-order valence-electron chi connectivity index (χ0n) is 15.0. The Morgan fingerprint density at radius 1 is 0.852 bits per heavy atom. The molecule has 4 nitrogen and oxygen atoms in total. The third-order valence-electron chi connectivity index (χ3n) is 4.64. The van der Waals surface area contributed by atoms with Crippen molar-refractivity contribution < 1.29 is 8.42 Å². The van der Waals surface area contributed by atoms with Gasteiger partial charge in [-0.15, -0.1) is 0 Å². The molecule has 5 heteroatoms. The molecule has 0 spiro atoms. The maximum Gasteiger partial charge on any atom is 0.264 e. The number of anilines is 1. The molecule has 1 heterocycles. The first-order chi connectivity index (χ1) is 13.1. The summed E-state index contributed by atoms with van der Waals surface area (Å²) in [5.41, 5.74) is 3.60. The molecule has 0 radical (unpaired) electrons. The van der Waals surface area contributed by atoms with E-state index in [9.17, 15) is 8.42 Å². The van der Waals surface area contributed by atoms with Crippen LogP contribution in [-0.2, 0) is 16.6 Å². The number of aryl methyl sites for hydroxylation is 1. The molecule has 3 aromatic carbocycles. The Morgan fingerprint density at radius 3 is 2.26 bits per heavy atom. The van der Waals surface area contributed by atoms with Crippen LogP contribution in [0.4, 0.5) is 5.69 Å². The van der Waals surface area contributed by atoms with Gasteiger partial charge in [0, 0.05) is 17.1 Å². The topological polar surface area (TPSA) is 53.2 Å². The number of H-pyrrole nitrogens is 1. The van der Waals surface area contributed by atoms with E-state index in [1.165, 1.54) is 4.31 Å². The lowest BCUT2D eigenvalue weighted by Crippen LogP contribution is -2.30. The van der Waals surface area contributed by atoms with Crippen molar-refractivity contribution in [1.82, 2.24) is 4.98 Å². The largest absolute Gasteiger partial charge is 0.361 e. The van der Waals surface area contributed by atoms with Gasteiger partial charge < -0.3 is 4.98 Å². The molecule has 0 aliphatic heterocycles. The van der Waals surface area contributed by atoms with Crippen LogP contribution in [0.1, 0.15) is 11.1 Å². The van der Waals surface area contributed by atoms with E-state index in [0.717, 1.165) is 22.0 Å². The lowest BCUT2D eigenvalue weighted by Gasteiger charge is -2.24. The Labute approximate surface area is 159 Å². The van der Waals surface area contributed by atoms with Crippen molar-refractivity contribution >= 4 is 26.6 Å². The molecule has 0 amide bonds. The van der Waals surface area contributed by atoms with Crippen LogP contribution >= 0.6 is 0 Å². The molecule has 1 aromatic heterocycles. The van der Waals surface area contributed by atoms with E-state index < -0.39 is 10.0 Å². The highest BCUT2D eigenvalue weighted by Crippen LogP contribution is 2.28. The van der Waals surface area contributed by atoms with Gasteiger partial charge in [0.1, 0.15) is 0 Å². The third kappa shape index (κ3) is 3.34. The van der Waals surface area contributed by atoms with Crippen molar-refractivity contribution in [3.05, 3.63) is 96.2 Å². The van der Waals surface area contributed by atoms with Gasteiger partial charge in [-0.3, -0.25) is 4.31 Å². The molecule has 4 aromatic rings. The second-order valence-electron chi connectivity index (χ2n) is 6.52. The fraction of sp³-hybridized carbons (Fsp3) is 0.0909. The quantitative estimate of drug-likeness (QED) is 0.540. The average molecular weight is 376 g/mol. The number of rotatable bonds is 5. The Morgan fingerprint density at radius 2 is 1.52 bits per heavy atom. The van der Waals surface area contributed by atoms with Crippen molar-refractivity contribution in [3.63, 3.8) is 0 Å². The van der Waals surface area contributed by atoms with Crippen LogP contribution in [0.5, 0.6) is 0 Å². The summed E-state index contributed by atoms with van der Waals surface area (Å²) >= 11 is 0. The maximum atomic E-state index is 13.4. The molecule has 1 N–H and O–H groups in total. The van der Waals surface area contributed by atoms with Crippen LogP contribution < -0.4 is 4.31 Å². The van der Waals surface area contributed by atoms with Gasteiger partial charge in [0.2, 0.25) is 0 Å². The molecule has 0 saturated carbocycles. The highest BCUT2D eigenvalue weighted by molar-refractivity contribution is 7.92. The first-order valence-electron chi connectivity index (χ1n) is 8.75. The molecule has 136 valence electrons. The van der Waals surface area contributed by atoms with Gasteiger partial charge in [0.15, 0.2) is 0 Å². The average Bonchev–Trinajstić information content (AvgIpc) is 3.10. The summed E-state index contributed by atoms with van der Waals surface area (Å²) in [6.45, 7) is 2.20. The van der Waals surface area contributed by atoms with Crippen molar-refractivity contribution in [2.75, 3.05) is 4.31 Å². The Balaban J connectivity index is 1.81. The Bertz CT molecular complexity index is 1160. The van der Waals surface area contributed by atoms with E-state index in [0.29, 0.717) is 5.69 Å². The number of sulfonamides is 1. The molecule has 0 aliphatic rings. The van der Waals surface area contributed by atoms with Crippen molar-refractivity contribution in [2.24, 2.45) is 0 Å². The lowest BCUT2D eigenvalue weighted by molar-refractivity contribution is 0.590. The molecule has 0 atom stereocenters. The minimum absolute atomic E-state index is 0.254. The maximum absolute atomic E-state index is 13.4. The molecule has 27 heavy (non-hydrogen) atoms. The molecular formula is C22H20N2O2S. The summed E-state index contributed by atoms with van der Waals surface area (Å²) in [4.78, 5) is 3.51. The standard InChI is InChI=1S/C22H20N2O2S/c1-17-11-13-20(14-12-17)27(25,26)24(19-7-3-2-4-8-19)16-18-15-23-22-10-6-5-9-21(18)22/h2-15,23H,16H2,1H3. The van der Waals surface area contributed by atoms with Gasteiger partial charge in [-0.05, 0) is 42.8 Å². The number of benzene rings is 3. The monoisotopic (exact) mass is 376 g/mol. The van der Waals surface area contributed by atoms with E-state index in [2.05, 4.69) is 4.98 Å². The van der Waals surface area contributed by atoms with Crippen LogP contribution in [0.25, 0.3) is 10.9 Å². The van der Waals surface area contributed by atoms with Crippen LogP contribution in [-0.4, -0.2) is 13.4 Å². The Hall–Kier alpha value is -3.05. The van der Waals surface area contributed by atoms with Gasteiger partial charge in [0.25, 0.3) is 10.0 Å². The van der Waals surface area contributed by atoms with Crippen molar-refractivity contribution in [1.29, 1.82) is 0 Å². The van der Waals surface area contributed by atoms with Crippen LogP contribution in [0.3, 0.4) is 0 Å². The summed E-state index contributed by atoms with van der Waals surface area (Å²) in [6.07, 6.45) is 1.88. The molecule has 0 saturated heterocycles. The minimum atomic E-state index is -3.70. The number of aromatic nitrogens is 1. The molecule has 0 bridgehead atoms. The van der Waals surface area contributed by atoms with E-state index >= 15 is 0 Å². The van der Waals surface area contributed by atoms with E-state index in [1.54, 1.807) is 12.1 Å². The summed E-state index contributed by atoms with van der Waals surface area (Å²) in [7, 11) is -3.70. The zero-order chi connectivity index (χ0) is 18.9. The van der Waals surface area contributed by atoms with Gasteiger partial charge >= 0.3 is 0 Å². The van der Waals surface area contributed by atoms with Gasteiger partial charge in [-0.25, -0.2) is 8.42 Å². The van der Waals surface area contributed by atoms with Crippen LogP contribution in [0, 0.1) is 6.92 Å². The minimum Gasteiger partial charge on any atom is -0.361 e. The second-order valence-corrected chi connectivity index (χ2v) is 8.38. The van der Waals surface area contributed by atoms with E-state index in [4.69, 9.17) is 0 Å². The molecule has 0 unspecified atom stereocenters. The number of hydrogen-bond acceptors (Lipinski definition) is 2. The molecule has 4 rings (SSSR count). The highest BCUT2D eigenvalue weighted by atomic mass is 32.2. The van der Waals surface area contributed by atoms with Crippen molar-refractivity contribution in [2.45, 2.75) is 18.4 Å². The zero-order valence-corrected chi connectivity index (χ0v) is 15.8. The van der Waals surface area contributed by atoms with Gasteiger partial charge in [-0.2, -0.15) is 0 Å². The molecule has 0 aliphatic carbocycles. The fourth-order valence-electron chi connectivity index (χ4n) is 3.16. The number of para-hydroxylation sites is 2. The summed E-state index contributed by atoms with van der Waals surface area (Å²) in [5.74, 6) is 0. The fourth-order valence-corrected chi connectivity index (χ4v) is 4.61. The predicted octanol–water partition coefficient (Wildman–Crippen LogP) is 4.87. The first-order valence-corrected chi connectivity index (χ1v) is 10.2. The van der Waals surface area contributed by atoms with E-state index in [1.807, 2.05) is 79.9 Å². The third-order valence-corrected chi connectivity index (χ3v) is 6.43. The normalized spacial score (nSPS) is 11.6. The number of fused-ring (bicyclic) bond motifs is 1. The summed E-state index contributed by atoms with van der Waals surface area (Å²) in [5, 5.41) is 1.03. The smallest absolute Gasteiger partial charge is 0.264 e. The first kappa shape index (κ1) is 17.4. The molecule has 0 fully saturated rings. The van der Waals surface area contributed by atoms with Gasteiger partial charge in [-0.1, -0.05) is 54.1 Å². The molecular weight excluding hydrogens is 356 g/mol. The number of nitrogens with one attached hydrogen (secondary N) is 1.